The molecule has 2 heteroatoms. The molecule has 0 saturated heterocycles. The summed E-state index contributed by atoms with van der Waals surface area (Å²) < 4.78 is 5.08. The Morgan fingerprint density at radius 3 is 2.41 bits per heavy atom. The van der Waals surface area contributed by atoms with Crippen molar-refractivity contribution in [2.24, 2.45) is 5.73 Å². The van der Waals surface area contributed by atoms with Gasteiger partial charge in [-0.05, 0) is 29.9 Å². The minimum absolute atomic E-state index is 0.000376. The Labute approximate surface area is 104 Å². The Balaban J connectivity index is 2.01. The fourth-order valence-electron chi connectivity index (χ4n) is 2.73. The minimum atomic E-state index is 0.000376. The standard InChI is InChI=1S/C15H23NO/c1-17-11-15(16)14-9-7-13(8-10-14)12-5-3-2-4-6-12/h7-10,12,15H,2-6,11,16H2,1H3. The van der Waals surface area contributed by atoms with Gasteiger partial charge in [0.25, 0.3) is 0 Å². The molecule has 1 saturated carbocycles. The lowest BCUT2D eigenvalue weighted by atomic mass is 9.84. The average molecular weight is 233 g/mol. The van der Waals surface area contributed by atoms with Crippen LogP contribution in [0, 0.1) is 0 Å². The Bertz CT molecular complexity index is 327. The number of benzene rings is 1. The second-order valence-electron chi connectivity index (χ2n) is 5.06. The van der Waals surface area contributed by atoms with Gasteiger partial charge in [-0.1, -0.05) is 43.5 Å². The third-order valence-electron chi connectivity index (χ3n) is 3.79. The molecule has 2 rings (SSSR count). The van der Waals surface area contributed by atoms with Gasteiger partial charge < -0.3 is 10.5 Å². The van der Waals surface area contributed by atoms with Gasteiger partial charge in [0.2, 0.25) is 0 Å². The van der Waals surface area contributed by atoms with Crippen LogP contribution in [-0.2, 0) is 4.74 Å². The Morgan fingerprint density at radius 1 is 1.18 bits per heavy atom. The van der Waals surface area contributed by atoms with E-state index in [1.165, 1.54) is 43.2 Å². The van der Waals surface area contributed by atoms with E-state index in [-0.39, 0.29) is 6.04 Å². The first-order chi connectivity index (χ1) is 8.31. The number of nitrogens with two attached hydrogens (primary N) is 1. The summed E-state index contributed by atoms with van der Waals surface area (Å²) in [6, 6.07) is 8.82. The molecule has 0 heterocycles. The second-order valence-corrected chi connectivity index (χ2v) is 5.06. The highest BCUT2D eigenvalue weighted by molar-refractivity contribution is 5.27. The number of ether oxygens (including phenoxy) is 1. The van der Waals surface area contributed by atoms with Crippen molar-refractivity contribution in [2.75, 3.05) is 13.7 Å². The number of rotatable bonds is 4. The lowest BCUT2D eigenvalue weighted by molar-refractivity contribution is 0.181. The van der Waals surface area contributed by atoms with Crippen molar-refractivity contribution in [3.8, 4) is 0 Å². The first kappa shape index (κ1) is 12.6. The molecule has 1 aliphatic rings. The third kappa shape index (κ3) is 3.30. The topological polar surface area (TPSA) is 35.2 Å². The lowest BCUT2D eigenvalue weighted by Crippen LogP contribution is -2.16. The van der Waals surface area contributed by atoms with Crippen LogP contribution in [0.4, 0.5) is 0 Å². The first-order valence-corrected chi connectivity index (χ1v) is 6.65. The van der Waals surface area contributed by atoms with Gasteiger partial charge in [-0.15, -0.1) is 0 Å². The molecule has 94 valence electrons. The van der Waals surface area contributed by atoms with Gasteiger partial charge >= 0.3 is 0 Å². The molecule has 0 aliphatic heterocycles. The van der Waals surface area contributed by atoms with E-state index in [2.05, 4.69) is 24.3 Å². The third-order valence-corrected chi connectivity index (χ3v) is 3.79. The van der Waals surface area contributed by atoms with Gasteiger partial charge in [0.05, 0.1) is 12.6 Å². The molecule has 1 unspecified atom stereocenters. The SMILES string of the molecule is COCC(N)c1ccc(C2CCCCC2)cc1. The summed E-state index contributed by atoms with van der Waals surface area (Å²) in [7, 11) is 1.69. The van der Waals surface area contributed by atoms with Crippen molar-refractivity contribution in [1.82, 2.24) is 0 Å². The zero-order chi connectivity index (χ0) is 12.1. The highest BCUT2D eigenvalue weighted by atomic mass is 16.5. The molecule has 0 spiro atoms. The van der Waals surface area contributed by atoms with E-state index < -0.39 is 0 Å². The van der Waals surface area contributed by atoms with Crippen LogP contribution in [0.3, 0.4) is 0 Å². The van der Waals surface area contributed by atoms with E-state index in [4.69, 9.17) is 10.5 Å². The molecule has 0 aromatic heterocycles. The van der Waals surface area contributed by atoms with Gasteiger partial charge in [0, 0.05) is 7.11 Å². The molecule has 0 amide bonds. The largest absolute Gasteiger partial charge is 0.383 e. The number of hydrogen-bond donors (Lipinski definition) is 1. The van der Waals surface area contributed by atoms with Gasteiger partial charge in [-0.25, -0.2) is 0 Å². The molecule has 0 bridgehead atoms. The smallest absolute Gasteiger partial charge is 0.0655 e. The van der Waals surface area contributed by atoms with Gasteiger partial charge in [0.15, 0.2) is 0 Å². The summed E-state index contributed by atoms with van der Waals surface area (Å²) in [5.74, 6) is 0.774. The highest BCUT2D eigenvalue weighted by Crippen LogP contribution is 2.32. The van der Waals surface area contributed by atoms with Crippen molar-refractivity contribution in [3.05, 3.63) is 35.4 Å². The lowest BCUT2D eigenvalue weighted by Gasteiger charge is -2.22. The predicted octanol–water partition coefficient (Wildman–Crippen LogP) is 3.38. The minimum Gasteiger partial charge on any atom is -0.383 e. The van der Waals surface area contributed by atoms with Crippen LogP contribution < -0.4 is 5.73 Å². The molecule has 2 nitrogen and oxygen atoms in total. The highest BCUT2D eigenvalue weighted by Gasteiger charge is 2.15. The van der Waals surface area contributed by atoms with E-state index >= 15 is 0 Å². The van der Waals surface area contributed by atoms with E-state index in [0.29, 0.717) is 6.61 Å². The fraction of sp³-hybridized carbons (Fsp3) is 0.600. The molecule has 1 aromatic rings. The molecule has 1 aliphatic carbocycles. The van der Waals surface area contributed by atoms with Crippen LogP contribution in [-0.4, -0.2) is 13.7 Å². The number of methoxy groups -OCH3 is 1. The van der Waals surface area contributed by atoms with Crippen molar-refractivity contribution in [2.45, 2.75) is 44.1 Å². The quantitative estimate of drug-likeness (QED) is 0.865. The molecule has 1 fully saturated rings. The zero-order valence-corrected chi connectivity index (χ0v) is 10.7. The van der Waals surface area contributed by atoms with E-state index in [1.807, 2.05) is 0 Å². The summed E-state index contributed by atoms with van der Waals surface area (Å²) in [6.07, 6.45) is 6.88. The Hall–Kier alpha value is -0.860. The number of hydrogen-bond acceptors (Lipinski definition) is 2. The zero-order valence-electron chi connectivity index (χ0n) is 10.7. The molecule has 1 aromatic carbocycles. The van der Waals surface area contributed by atoms with E-state index in [9.17, 15) is 0 Å². The first-order valence-electron chi connectivity index (χ1n) is 6.65. The monoisotopic (exact) mass is 233 g/mol. The van der Waals surface area contributed by atoms with Crippen LogP contribution in [0.1, 0.15) is 55.2 Å². The summed E-state index contributed by atoms with van der Waals surface area (Å²) in [4.78, 5) is 0. The summed E-state index contributed by atoms with van der Waals surface area (Å²) in [5, 5.41) is 0. The van der Waals surface area contributed by atoms with Crippen LogP contribution in [0.15, 0.2) is 24.3 Å². The normalized spacial score (nSPS) is 19.2. The van der Waals surface area contributed by atoms with Crippen molar-refractivity contribution in [3.63, 3.8) is 0 Å². The maximum Gasteiger partial charge on any atom is 0.0655 e. The molecule has 1 atom stereocenters. The maximum atomic E-state index is 6.01. The van der Waals surface area contributed by atoms with Crippen molar-refractivity contribution in [1.29, 1.82) is 0 Å². The van der Waals surface area contributed by atoms with Gasteiger partial charge in [0.1, 0.15) is 0 Å². The maximum absolute atomic E-state index is 6.01. The fourth-order valence-corrected chi connectivity index (χ4v) is 2.73. The summed E-state index contributed by atoms with van der Waals surface area (Å²) in [6.45, 7) is 0.586. The summed E-state index contributed by atoms with van der Waals surface area (Å²) in [5.41, 5.74) is 8.67. The van der Waals surface area contributed by atoms with E-state index in [0.717, 1.165) is 5.92 Å². The van der Waals surface area contributed by atoms with Crippen molar-refractivity contribution < 1.29 is 4.74 Å². The van der Waals surface area contributed by atoms with Crippen LogP contribution in [0.2, 0.25) is 0 Å². The van der Waals surface area contributed by atoms with Gasteiger partial charge in [-0.2, -0.15) is 0 Å². The van der Waals surface area contributed by atoms with Crippen molar-refractivity contribution >= 4 is 0 Å². The Morgan fingerprint density at radius 2 is 1.82 bits per heavy atom. The molecular formula is C15H23NO. The predicted molar refractivity (Wildman–Crippen MR) is 71.1 cm³/mol. The molecule has 2 N–H and O–H groups in total. The van der Waals surface area contributed by atoms with Crippen LogP contribution in [0.25, 0.3) is 0 Å². The second kappa shape index (κ2) is 6.18. The van der Waals surface area contributed by atoms with E-state index in [1.54, 1.807) is 7.11 Å². The van der Waals surface area contributed by atoms with Gasteiger partial charge in [-0.3, -0.25) is 0 Å². The van der Waals surface area contributed by atoms with Crippen LogP contribution >= 0.6 is 0 Å². The van der Waals surface area contributed by atoms with Crippen LogP contribution in [0.5, 0.6) is 0 Å². The Kier molecular flexibility index (Phi) is 4.57. The summed E-state index contributed by atoms with van der Waals surface area (Å²) >= 11 is 0. The molecule has 0 radical (unpaired) electrons. The molecule has 17 heavy (non-hydrogen) atoms. The average Bonchev–Trinajstić information content (AvgIpc) is 2.40. The molecular weight excluding hydrogens is 210 g/mol.